The van der Waals surface area contributed by atoms with E-state index in [-0.39, 0.29) is 12.4 Å². The molecule has 1 aliphatic rings. The Morgan fingerprint density at radius 2 is 1.44 bits per heavy atom. The standard InChI is InChI=1S/C23H24ClN2.ClH/c1-25(2)19-13-9-17(10-14-19)23(21-7-5-6-8-22(21)24)18-11-15-20(16-12-18)26(3)4;/h5-16H,1-4H3;1H/q+1;/p-1. The lowest BCUT2D eigenvalue weighted by Gasteiger charge is -2.17. The number of rotatable bonds is 3. The summed E-state index contributed by atoms with van der Waals surface area (Å²) in [4.78, 5) is 2.10. The Kier molecular flexibility index (Phi) is 7.06. The highest BCUT2D eigenvalue weighted by molar-refractivity contribution is 6.32. The fourth-order valence-electron chi connectivity index (χ4n) is 2.99. The summed E-state index contributed by atoms with van der Waals surface area (Å²) in [6.45, 7) is 0. The molecule has 0 saturated carbocycles. The van der Waals surface area contributed by atoms with Gasteiger partial charge in [-0.2, -0.15) is 0 Å². The van der Waals surface area contributed by atoms with Crippen LogP contribution in [-0.4, -0.2) is 38.5 Å². The quantitative estimate of drug-likeness (QED) is 0.717. The van der Waals surface area contributed by atoms with Gasteiger partial charge in [0.15, 0.2) is 5.71 Å². The third-order valence-electron chi connectivity index (χ3n) is 4.49. The molecule has 0 aromatic heterocycles. The maximum atomic E-state index is 6.54. The summed E-state index contributed by atoms with van der Waals surface area (Å²) in [6, 6.07) is 16.6. The largest absolute Gasteiger partial charge is 1.00 e. The van der Waals surface area contributed by atoms with Crippen LogP contribution in [0.1, 0.15) is 11.1 Å². The second-order valence-corrected chi connectivity index (χ2v) is 7.14. The van der Waals surface area contributed by atoms with Crippen molar-refractivity contribution in [3.63, 3.8) is 0 Å². The SMILES string of the molecule is CN(C)c1ccc(C(=C2C=CC(=[N+](C)C)C=C2)c2ccccc2Cl)cc1.[Cl-]. The first-order valence-corrected chi connectivity index (χ1v) is 9.02. The molecule has 27 heavy (non-hydrogen) atoms. The van der Waals surface area contributed by atoms with Crippen molar-refractivity contribution in [3.8, 4) is 0 Å². The fraction of sp³-hybridized carbons (Fsp3) is 0.174. The maximum Gasteiger partial charge on any atom is 0.199 e. The molecule has 2 nitrogen and oxygen atoms in total. The highest BCUT2D eigenvalue weighted by atomic mass is 35.5. The second kappa shape index (κ2) is 9.07. The van der Waals surface area contributed by atoms with Crippen LogP contribution in [0, 0.1) is 0 Å². The Morgan fingerprint density at radius 3 is 1.96 bits per heavy atom. The highest BCUT2D eigenvalue weighted by Crippen LogP contribution is 2.34. The van der Waals surface area contributed by atoms with Gasteiger partial charge in [-0.25, -0.2) is 4.58 Å². The summed E-state index contributed by atoms with van der Waals surface area (Å²) in [5.41, 5.74) is 6.85. The molecule has 0 spiro atoms. The summed E-state index contributed by atoms with van der Waals surface area (Å²) in [7, 11) is 8.20. The average molecular weight is 399 g/mol. The zero-order chi connectivity index (χ0) is 18.7. The lowest BCUT2D eigenvalue weighted by Crippen LogP contribution is -3.00. The summed E-state index contributed by atoms with van der Waals surface area (Å²) >= 11 is 6.54. The van der Waals surface area contributed by atoms with Crippen LogP contribution in [0.4, 0.5) is 5.69 Å². The average Bonchev–Trinajstić information content (AvgIpc) is 2.64. The minimum absolute atomic E-state index is 0. The van der Waals surface area contributed by atoms with E-state index in [2.05, 4.69) is 64.1 Å². The van der Waals surface area contributed by atoms with Crippen molar-refractivity contribution < 1.29 is 17.0 Å². The van der Waals surface area contributed by atoms with E-state index in [9.17, 15) is 0 Å². The number of hydrogen-bond acceptors (Lipinski definition) is 1. The zero-order valence-electron chi connectivity index (χ0n) is 16.1. The summed E-state index contributed by atoms with van der Waals surface area (Å²) in [5.74, 6) is 0. The van der Waals surface area contributed by atoms with Crippen molar-refractivity contribution in [3.05, 3.63) is 94.6 Å². The van der Waals surface area contributed by atoms with Crippen LogP contribution in [-0.2, 0) is 0 Å². The molecule has 0 fully saturated rings. The second-order valence-electron chi connectivity index (χ2n) is 6.74. The van der Waals surface area contributed by atoms with E-state index in [0.717, 1.165) is 27.3 Å². The van der Waals surface area contributed by atoms with Gasteiger partial charge in [0, 0.05) is 42.5 Å². The number of anilines is 1. The molecular formula is C23H24Cl2N2. The van der Waals surface area contributed by atoms with Gasteiger partial charge in [-0.15, -0.1) is 0 Å². The van der Waals surface area contributed by atoms with E-state index in [4.69, 9.17) is 11.6 Å². The molecule has 0 radical (unpaired) electrons. The molecule has 0 bridgehead atoms. The van der Waals surface area contributed by atoms with Crippen LogP contribution in [0.2, 0.25) is 5.02 Å². The molecule has 0 saturated heterocycles. The number of hydrogen-bond donors (Lipinski definition) is 0. The van der Waals surface area contributed by atoms with E-state index in [1.54, 1.807) is 0 Å². The van der Waals surface area contributed by atoms with Crippen molar-refractivity contribution in [1.29, 1.82) is 0 Å². The Labute approximate surface area is 173 Å². The summed E-state index contributed by atoms with van der Waals surface area (Å²) in [5, 5.41) is 0.760. The van der Waals surface area contributed by atoms with Crippen LogP contribution in [0.15, 0.2) is 78.4 Å². The summed E-state index contributed by atoms with van der Waals surface area (Å²) < 4.78 is 2.10. The maximum absolute atomic E-state index is 6.54. The van der Waals surface area contributed by atoms with Crippen LogP contribution < -0.4 is 17.3 Å². The third kappa shape index (κ3) is 4.71. The first-order valence-electron chi connectivity index (χ1n) is 8.65. The summed E-state index contributed by atoms with van der Waals surface area (Å²) in [6.07, 6.45) is 8.60. The molecule has 0 aliphatic heterocycles. The molecule has 0 N–H and O–H groups in total. The van der Waals surface area contributed by atoms with E-state index in [1.807, 2.05) is 46.4 Å². The molecule has 2 aromatic carbocycles. The molecule has 140 valence electrons. The Morgan fingerprint density at radius 1 is 0.852 bits per heavy atom. The first-order chi connectivity index (χ1) is 12.5. The van der Waals surface area contributed by atoms with Crippen molar-refractivity contribution in [1.82, 2.24) is 0 Å². The van der Waals surface area contributed by atoms with E-state index < -0.39 is 0 Å². The van der Waals surface area contributed by atoms with E-state index in [0.29, 0.717) is 0 Å². The molecule has 0 unspecified atom stereocenters. The van der Waals surface area contributed by atoms with Crippen LogP contribution in [0.3, 0.4) is 0 Å². The van der Waals surface area contributed by atoms with Crippen molar-refractivity contribution in [2.45, 2.75) is 0 Å². The molecular weight excluding hydrogens is 375 g/mol. The van der Waals surface area contributed by atoms with Gasteiger partial charge in [-0.1, -0.05) is 41.9 Å². The molecule has 3 rings (SSSR count). The smallest absolute Gasteiger partial charge is 0.199 e. The van der Waals surface area contributed by atoms with Gasteiger partial charge >= 0.3 is 0 Å². The van der Waals surface area contributed by atoms with Gasteiger partial charge in [0.25, 0.3) is 0 Å². The predicted molar refractivity (Wildman–Crippen MR) is 114 cm³/mol. The normalized spacial score (nSPS) is 12.6. The topological polar surface area (TPSA) is 6.25 Å². The minimum Gasteiger partial charge on any atom is -1.00 e. The molecule has 4 heteroatoms. The monoisotopic (exact) mass is 398 g/mol. The minimum atomic E-state index is 0. The highest BCUT2D eigenvalue weighted by Gasteiger charge is 2.15. The van der Waals surface area contributed by atoms with Gasteiger partial charge < -0.3 is 17.3 Å². The van der Waals surface area contributed by atoms with Crippen LogP contribution in [0.5, 0.6) is 0 Å². The van der Waals surface area contributed by atoms with Crippen molar-refractivity contribution >= 4 is 28.6 Å². The van der Waals surface area contributed by atoms with E-state index >= 15 is 0 Å². The van der Waals surface area contributed by atoms with Crippen LogP contribution >= 0.6 is 11.6 Å². The number of halogens is 2. The van der Waals surface area contributed by atoms with Gasteiger partial charge in [-0.05, 0) is 47.1 Å². The van der Waals surface area contributed by atoms with Gasteiger partial charge in [0.05, 0.1) is 0 Å². The number of allylic oxidation sites excluding steroid dienone is 5. The Balaban J connectivity index is 0.00000261. The molecule has 2 aromatic rings. The van der Waals surface area contributed by atoms with Crippen molar-refractivity contribution in [2.75, 3.05) is 33.1 Å². The molecule has 0 atom stereocenters. The molecule has 0 heterocycles. The fourth-order valence-corrected chi connectivity index (χ4v) is 3.22. The Hall–Kier alpha value is -2.29. The first kappa shape index (κ1) is 21.0. The molecule has 0 amide bonds. The Bertz CT molecular complexity index is 911. The lowest BCUT2D eigenvalue weighted by atomic mass is 9.90. The number of nitrogens with zero attached hydrogens (tertiary/aromatic N) is 2. The lowest BCUT2D eigenvalue weighted by molar-refractivity contribution is -0.462. The van der Waals surface area contributed by atoms with Crippen molar-refractivity contribution in [2.24, 2.45) is 0 Å². The van der Waals surface area contributed by atoms with Gasteiger partial charge in [0.2, 0.25) is 0 Å². The third-order valence-corrected chi connectivity index (χ3v) is 4.82. The predicted octanol–water partition coefficient (Wildman–Crippen LogP) is 2.05. The van der Waals surface area contributed by atoms with Crippen LogP contribution in [0.25, 0.3) is 5.57 Å². The molecule has 1 aliphatic carbocycles. The number of benzene rings is 2. The van der Waals surface area contributed by atoms with E-state index in [1.165, 1.54) is 11.4 Å². The van der Waals surface area contributed by atoms with Gasteiger partial charge in [-0.3, -0.25) is 0 Å². The zero-order valence-corrected chi connectivity index (χ0v) is 17.6. The van der Waals surface area contributed by atoms with Gasteiger partial charge in [0.1, 0.15) is 14.1 Å².